The molecular weight excluding hydrogens is 764 g/mol. The quantitative estimate of drug-likeness (QED) is 0.0969. The summed E-state index contributed by atoms with van der Waals surface area (Å²) in [4.78, 5) is 36.8. The molecule has 15 heteroatoms. The normalized spacial score (nSPS) is 12.4. The number of nitrogens with one attached hydrogen (secondary N) is 2. The number of carbonyl (C=O) groups excluding carboxylic acids is 2. The van der Waals surface area contributed by atoms with Gasteiger partial charge in [-0.1, -0.05) is 60.7 Å². The Bertz CT molecular complexity index is 2370. The van der Waals surface area contributed by atoms with Crippen molar-refractivity contribution in [2.45, 2.75) is 72.4 Å². The smallest absolute Gasteiger partial charge is 0.407 e. The maximum Gasteiger partial charge on any atom is 0.407 e. The second-order valence-corrected chi connectivity index (χ2v) is 14.8. The number of rotatable bonds is 15. The number of benzene rings is 3. The van der Waals surface area contributed by atoms with Gasteiger partial charge in [-0.2, -0.15) is 9.61 Å². The van der Waals surface area contributed by atoms with Crippen LogP contribution in [-0.4, -0.2) is 56.5 Å². The van der Waals surface area contributed by atoms with E-state index < -0.39 is 47.3 Å². The SMILES string of the molecule is CCOC(=O)c1cnn2c(N(Cc3ccccc3)Cc3ccccc3)c(-c3ccc(F)cc3F)c(N[C@H](C)c3cc(F)cnc3O[C@@H](C)CNC(=O)OC(C)(C)C)nc12. The molecule has 0 aliphatic rings. The fourth-order valence-corrected chi connectivity index (χ4v) is 6.39. The molecule has 3 aromatic carbocycles. The van der Waals surface area contributed by atoms with Crippen molar-refractivity contribution in [3.63, 3.8) is 0 Å². The lowest BCUT2D eigenvalue weighted by Gasteiger charge is -2.30. The summed E-state index contributed by atoms with van der Waals surface area (Å²) in [6.45, 7) is 11.0. The van der Waals surface area contributed by atoms with Crippen LogP contribution in [0, 0.1) is 17.5 Å². The number of hydrogen-bond donors (Lipinski definition) is 2. The number of ether oxygens (including phenoxy) is 3. The topological polar surface area (TPSA) is 132 Å². The summed E-state index contributed by atoms with van der Waals surface area (Å²) in [6, 6.07) is 22.8. The summed E-state index contributed by atoms with van der Waals surface area (Å²) in [5, 5.41) is 10.6. The molecule has 0 aliphatic carbocycles. The fraction of sp³-hybridized carbons (Fsp3) is 0.295. The van der Waals surface area contributed by atoms with Crippen LogP contribution in [-0.2, 0) is 22.6 Å². The molecule has 0 radical (unpaired) electrons. The number of amides is 1. The van der Waals surface area contributed by atoms with E-state index in [-0.39, 0.29) is 65.8 Å². The molecule has 0 bridgehead atoms. The molecule has 1 amide bonds. The van der Waals surface area contributed by atoms with Gasteiger partial charge < -0.3 is 29.7 Å². The maximum atomic E-state index is 16.3. The van der Waals surface area contributed by atoms with Crippen molar-refractivity contribution in [3.05, 3.63) is 137 Å². The molecule has 6 rings (SSSR count). The van der Waals surface area contributed by atoms with Gasteiger partial charge in [-0.15, -0.1) is 0 Å². The van der Waals surface area contributed by atoms with Crippen molar-refractivity contribution in [1.82, 2.24) is 24.9 Å². The molecule has 0 spiro atoms. The zero-order chi connectivity index (χ0) is 42.3. The summed E-state index contributed by atoms with van der Waals surface area (Å²) in [5.74, 6) is -2.60. The van der Waals surface area contributed by atoms with Crippen LogP contribution in [0.5, 0.6) is 5.88 Å². The Labute approximate surface area is 340 Å². The van der Waals surface area contributed by atoms with E-state index in [2.05, 4.69) is 20.7 Å². The first-order chi connectivity index (χ1) is 28.2. The highest BCUT2D eigenvalue weighted by atomic mass is 19.1. The number of aromatic nitrogens is 4. The average molecular weight is 810 g/mol. The van der Waals surface area contributed by atoms with Gasteiger partial charge in [0.15, 0.2) is 5.65 Å². The molecule has 0 aliphatic heterocycles. The van der Waals surface area contributed by atoms with Crippen molar-refractivity contribution in [2.24, 2.45) is 0 Å². The summed E-state index contributed by atoms with van der Waals surface area (Å²) in [7, 11) is 0. The number of anilines is 2. The first kappa shape index (κ1) is 42.0. The molecule has 0 saturated carbocycles. The van der Waals surface area contributed by atoms with Crippen LogP contribution in [0.4, 0.5) is 29.6 Å². The number of nitrogens with zero attached hydrogens (tertiary/aromatic N) is 5. The lowest BCUT2D eigenvalue weighted by molar-refractivity contribution is 0.0500. The second-order valence-electron chi connectivity index (χ2n) is 14.8. The van der Waals surface area contributed by atoms with E-state index in [0.29, 0.717) is 5.82 Å². The summed E-state index contributed by atoms with van der Waals surface area (Å²) >= 11 is 0. The van der Waals surface area contributed by atoms with Crippen LogP contribution in [0.25, 0.3) is 16.8 Å². The van der Waals surface area contributed by atoms with E-state index in [1.165, 1.54) is 22.8 Å². The van der Waals surface area contributed by atoms with Gasteiger partial charge in [-0.25, -0.2) is 32.7 Å². The van der Waals surface area contributed by atoms with Crippen molar-refractivity contribution >= 4 is 29.3 Å². The third kappa shape index (κ3) is 10.5. The van der Waals surface area contributed by atoms with Crippen molar-refractivity contribution in [2.75, 3.05) is 23.4 Å². The average Bonchev–Trinajstić information content (AvgIpc) is 3.61. The van der Waals surface area contributed by atoms with Gasteiger partial charge in [0, 0.05) is 30.3 Å². The Morgan fingerprint density at radius 3 is 2.15 bits per heavy atom. The highest BCUT2D eigenvalue weighted by molar-refractivity contribution is 5.98. The van der Waals surface area contributed by atoms with E-state index in [1.807, 2.05) is 65.6 Å². The number of pyridine rings is 1. The van der Waals surface area contributed by atoms with E-state index >= 15 is 8.78 Å². The van der Waals surface area contributed by atoms with Gasteiger partial charge in [0.2, 0.25) is 5.88 Å². The predicted octanol–water partition coefficient (Wildman–Crippen LogP) is 9.06. The number of alkyl carbamates (subject to hydrolysis) is 1. The van der Waals surface area contributed by atoms with Gasteiger partial charge in [-0.3, -0.25) is 0 Å². The molecule has 3 aromatic heterocycles. The first-order valence-corrected chi connectivity index (χ1v) is 19.1. The third-order valence-electron chi connectivity index (χ3n) is 8.96. The summed E-state index contributed by atoms with van der Waals surface area (Å²) in [6.07, 6.45) is 1.06. The number of hydrogen-bond acceptors (Lipinski definition) is 10. The van der Waals surface area contributed by atoms with E-state index in [1.54, 1.807) is 41.5 Å². The highest BCUT2D eigenvalue weighted by Crippen LogP contribution is 2.42. The largest absolute Gasteiger partial charge is 0.473 e. The highest BCUT2D eigenvalue weighted by Gasteiger charge is 2.30. The molecule has 3 heterocycles. The first-order valence-electron chi connectivity index (χ1n) is 19.1. The number of fused-ring (bicyclic) bond motifs is 1. The van der Waals surface area contributed by atoms with Crippen molar-refractivity contribution in [1.29, 1.82) is 0 Å². The lowest BCUT2D eigenvalue weighted by Crippen LogP contribution is -2.37. The third-order valence-corrected chi connectivity index (χ3v) is 8.96. The standard InChI is InChI=1S/C44H46F3N7O5/c1-7-57-42(55)35-24-50-54-39(35)52-38(51-28(3)34-20-32(46)23-48-40(34)58-27(2)22-49-43(56)59-44(4,5)6)37(33-19-18-31(45)21-36(33)47)41(54)53(25-29-14-10-8-11-15-29)26-30-16-12-9-13-17-30/h8-21,23-24,27-28H,7,22,25-26H2,1-6H3,(H,49,56)(H,51,52)/t27-,28+/m0/s1. The molecule has 6 aromatic rings. The molecule has 59 heavy (non-hydrogen) atoms. The molecule has 12 nitrogen and oxygen atoms in total. The number of esters is 1. The van der Waals surface area contributed by atoms with E-state index in [9.17, 15) is 14.0 Å². The molecular formula is C44H46F3N7O5. The Balaban J connectivity index is 1.52. The molecule has 2 atom stereocenters. The van der Waals surface area contributed by atoms with Gasteiger partial charge >= 0.3 is 12.1 Å². The second kappa shape index (κ2) is 18.3. The monoisotopic (exact) mass is 809 g/mol. The molecule has 0 saturated heterocycles. The van der Waals surface area contributed by atoms with E-state index in [4.69, 9.17) is 19.2 Å². The van der Waals surface area contributed by atoms with Gasteiger partial charge in [0.25, 0.3) is 0 Å². The fourth-order valence-electron chi connectivity index (χ4n) is 6.39. The maximum absolute atomic E-state index is 16.3. The Morgan fingerprint density at radius 2 is 1.54 bits per heavy atom. The molecule has 308 valence electrons. The van der Waals surface area contributed by atoms with Gasteiger partial charge in [0.1, 0.15) is 46.4 Å². The number of halogens is 3. The minimum absolute atomic E-state index is 0.0273. The molecule has 0 unspecified atom stereocenters. The Morgan fingerprint density at radius 1 is 0.881 bits per heavy atom. The van der Waals surface area contributed by atoms with E-state index in [0.717, 1.165) is 29.5 Å². The minimum atomic E-state index is -0.886. The minimum Gasteiger partial charge on any atom is -0.473 e. The van der Waals surface area contributed by atoms with Crippen molar-refractivity contribution < 1.29 is 37.0 Å². The van der Waals surface area contributed by atoms with Crippen LogP contribution in [0.3, 0.4) is 0 Å². The summed E-state index contributed by atoms with van der Waals surface area (Å²) < 4.78 is 64.1. The zero-order valence-electron chi connectivity index (χ0n) is 33.6. The zero-order valence-corrected chi connectivity index (χ0v) is 33.6. The Hall–Kier alpha value is -6.64. The molecule has 2 N–H and O–H groups in total. The van der Waals surface area contributed by atoms with Crippen LogP contribution >= 0.6 is 0 Å². The van der Waals surface area contributed by atoms with Crippen molar-refractivity contribution in [3.8, 4) is 17.0 Å². The predicted molar refractivity (Wildman–Crippen MR) is 218 cm³/mol. The number of carbonyl (C=O) groups is 2. The summed E-state index contributed by atoms with van der Waals surface area (Å²) in [5.41, 5.74) is 1.63. The van der Waals surface area contributed by atoms with Gasteiger partial charge in [0.05, 0.1) is 37.2 Å². The van der Waals surface area contributed by atoms with Crippen LogP contribution < -0.4 is 20.3 Å². The lowest BCUT2D eigenvalue weighted by atomic mass is 10.0. The van der Waals surface area contributed by atoms with Crippen LogP contribution in [0.2, 0.25) is 0 Å². The van der Waals surface area contributed by atoms with Crippen LogP contribution in [0.15, 0.2) is 97.3 Å². The molecule has 0 fully saturated rings. The Kier molecular flexibility index (Phi) is 13.0. The van der Waals surface area contributed by atoms with Gasteiger partial charge in [-0.05, 0) is 70.9 Å². The van der Waals surface area contributed by atoms with Crippen LogP contribution in [0.1, 0.15) is 74.6 Å².